The molecular formula is C28H30N6O6S. The standard InChI is InChI=1S/C28H30N6O6S/c1-17-11-18(7-8-22(17)40-19-5-3-2-4-6-19)26(36)32-14-24(35)34-16-28(38-9-10-39-28)12-21(34)27(37)31-13-23-33-20(15-41-23)25(29)30/h2-8,11,15,21H,9-10,12-14,16H2,1H3,(H3,29,30)(H,31,37)(H,32,36). The fraction of sp³-hybridized carbons (Fsp3) is 0.321. The lowest BCUT2D eigenvalue weighted by molar-refractivity contribution is -0.152. The number of amides is 3. The Hall–Kier alpha value is -4.33. The van der Waals surface area contributed by atoms with Crippen molar-refractivity contribution < 1.29 is 28.6 Å². The van der Waals surface area contributed by atoms with Crippen molar-refractivity contribution in [3.8, 4) is 11.5 Å². The second-order valence-electron chi connectivity index (χ2n) is 9.69. The predicted molar refractivity (Wildman–Crippen MR) is 150 cm³/mol. The average Bonchev–Trinajstić information content (AvgIpc) is 3.72. The van der Waals surface area contributed by atoms with Crippen molar-refractivity contribution in [2.45, 2.75) is 31.7 Å². The van der Waals surface area contributed by atoms with Crippen LogP contribution >= 0.6 is 11.3 Å². The minimum atomic E-state index is -1.06. The first-order valence-corrected chi connectivity index (χ1v) is 13.9. The van der Waals surface area contributed by atoms with Crippen LogP contribution in [-0.4, -0.2) is 71.6 Å². The molecule has 1 aromatic heterocycles. The van der Waals surface area contributed by atoms with Gasteiger partial charge in [-0.1, -0.05) is 18.2 Å². The van der Waals surface area contributed by atoms with Gasteiger partial charge in [0.2, 0.25) is 11.8 Å². The highest BCUT2D eigenvalue weighted by Gasteiger charge is 2.52. The van der Waals surface area contributed by atoms with E-state index in [0.717, 1.165) is 5.56 Å². The number of para-hydroxylation sites is 1. The molecule has 5 N–H and O–H groups in total. The van der Waals surface area contributed by atoms with Crippen LogP contribution in [0.4, 0.5) is 0 Å². The Morgan fingerprint density at radius 3 is 2.61 bits per heavy atom. The maximum atomic E-state index is 13.3. The van der Waals surface area contributed by atoms with E-state index in [0.29, 0.717) is 41.0 Å². The fourth-order valence-corrected chi connectivity index (χ4v) is 5.45. The van der Waals surface area contributed by atoms with Crippen molar-refractivity contribution in [2.24, 2.45) is 5.73 Å². The molecule has 2 aliphatic heterocycles. The highest BCUT2D eigenvalue weighted by Crippen LogP contribution is 2.35. The maximum Gasteiger partial charge on any atom is 0.251 e. The highest BCUT2D eigenvalue weighted by atomic mass is 32.1. The van der Waals surface area contributed by atoms with E-state index in [1.165, 1.54) is 16.2 Å². The molecule has 0 aliphatic carbocycles. The molecular weight excluding hydrogens is 548 g/mol. The zero-order chi connectivity index (χ0) is 29.0. The van der Waals surface area contributed by atoms with Crippen LogP contribution in [0.5, 0.6) is 11.5 Å². The van der Waals surface area contributed by atoms with Crippen LogP contribution in [0.25, 0.3) is 0 Å². The van der Waals surface area contributed by atoms with E-state index in [1.54, 1.807) is 23.6 Å². The summed E-state index contributed by atoms with van der Waals surface area (Å²) >= 11 is 1.27. The number of nitrogen functional groups attached to an aromatic ring is 1. The monoisotopic (exact) mass is 578 g/mol. The number of nitrogens with two attached hydrogens (primary N) is 1. The topological polar surface area (TPSA) is 169 Å². The molecule has 2 aliphatic rings. The number of nitrogens with one attached hydrogen (secondary N) is 3. The largest absolute Gasteiger partial charge is 0.457 e. The van der Waals surface area contributed by atoms with E-state index in [4.69, 9.17) is 25.4 Å². The molecule has 13 heteroatoms. The number of aryl methyl sites for hydroxylation is 1. The van der Waals surface area contributed by atoms with Crippen molar-refractivity contribution in [3.05, 3.63) is 75.7 Å². The van der Waals surface area contributed by atoms with E-state index in [1.807, 2.05) is 37.3 Å². The summed E-state index contributed by atoms with van der Waals surface area (Å²) < 4.78 is 17.4. The van der Waals surface area contributed by atoms with Crippen LogP contribution in [0, 0.1) is 12.3 Å². The number of rotatable bonds is 9. The van der Waals surface area contributed by atoms with E-state index in [9.17, 15) is 14.4 Å². The molecule has 0 radical (unpaired) electrons. The lowest BCUT2D eigenvalue weighted by Crippen LogP contribution is -2.49. The van der Waals surface area contributed by atoms with Gasteiger partial charge in [0.05, 0.1) is 32.8 Å². The molecule has 3 heterocycles. The van der Waals surface area contributed by atoms with Crippen LogP contribution in [0.1, 0.15) is 33.0 Å². The number of likely N-dealkylation sites (tertiary alicyclic amines) is 1. The molecule has 1 spiro atoms. The van der Waals surface area contributed by atoms with E-state index >= 15 is 0 Å². The van der Waals surface area contributed by atoms with Gasteiger partial charge in [0.15, 0.2) is 5.79 Å². The van der Waals surface area contributed by atoms with Crippen molar-refractivity contribution in [1.29, 1.82) is 5.41 Å². The van der Waals surface area contributed by atoms with Crippen LogP contribution in [0.15, 0.2) is 53.9 Å². The molecule has 0 bridgehead atoms. The third kappa shape index (κ3) is 6.53. The lowest BCUT2D eigenvalue weighted by atomic mass is 10.1. The van der Waals surface area contributed by atoms with E-state index in [2.05, 4.69) is 15.6 Å². The third-order valence-electron chi connectivity index (χ3n) is 6.78. The Balaban J connectivity index is 1.20. The first-order valence-electron chi connectivity index (χ1n) is 13.0. The Morgan fingerprint density at radius 1 is 1.17 bits per heavy atom. The molecule has 2 saturated heterocycles. The molecule has 12 nitrogen and oxygen atoms in total. The SMILES string of the molecule is Cc1cc(C(=O)NCC(=O)N2CC3(CC2C(=O)NCc2nc(C(=N)N)cs2)OCCO3)ccc1Oc1ccccc1. The molecule has 1 atom stereocenters. The summed E-state index contributed by atoms with van der Waals surface area (Å²) in [6.07, 6.45) is 0.164. The number of nitrogens with zero attached hydrogens (tertiary/aromatic N) is 2. The molecule has 3 amide bonds. The van der Waals surface area contributed by atoms with Gasteiger partial charge in [-0.2, -0.15) is 0 Å². The summed E-state index contributed by atoms with van der Waals surface area (Å²) in [6.45, 7) is 2.43. The van der Waals surface area contributed by atoms with Crippen LogP contribution in [-0.2, 0) is 25.6 Å². The minimum absolute atomic E-state index is 0.0656. The Kier molecular flexibility index (Phi) is 8.28. The number of benzene rings is 2. The molecule has 0 saturated carbocycles. The Labute approximate surface area is 240 Å². The van der Waals surface area contributed by atoms with Gasteiger partial charge in [0, 0.05) is 17.4 Å². The minimum Gasteiger partial charge on any atom is -0.457 e. The molecule has 2 aromatic carbocycles. The number of ether oxygens (including phenoxy) is 3. The van der Waals surface area contributed by atoms with Gasteiger partial charge in [0.25, 0.3) is 5.91 Å². The quantitative estimate of drug-likeness (QED) is 0.221. The average molecular weight is 579 g/mol. The zero-order valence-electron chi connectivity index (χ0n) is 22.3. The van der Waals surface area contributed by atoms with Gasteiger partial charge in [-0.25, -0.2) is 4.98 Å². The van der Waals surface area contributed by atoms with Crippen LogP contribution in [0.3, 0.4) is 0 Å². The van der Waals surface area contributed by atoms with E-state index in [-0.39, 0.29) is 31.9 Å². The van der Waals surface area contributed by atoms with Gasteiger partial charge < -0.3 is 35.5 Å². The number of aromatic nitrogens is 1. The van der Waals surface area contributed by atoms with Gasteiger partial charge in [-0.15, -0.1) is 11.3 Å². The number of hydrogen-bond donors (Lipinski definition) is 4. The number of hydrogen-bond acceptors (Lipinski definition) is 9. The van der Waals surface area contributed by atoms with Gasteiger partial charge in [-0.05, 0) is 42.8 Å². The molecule has 1 unspecified atom stereocenters. The Morgan fingerprint density at radius 2 is 1.93 bits per heavy atom. The van der Waals surface area contributed by atoms with Crippen molar-refractivity contribution in [1.82, 2.24) is 20.5 Å². The second kappa shape index (κ2) is 12.0. The van der Waals surface area contributed by atoms with Crippen molar-refractivity contribution in [2.75, 3.05) is 26.3 Å². The summed E-state index contributed by atoms with van der Waals surface area (Å²) in [6, 6.07) is 13.5. The van der Waals surface area contributed by atoms with Crippen LogP contribution < -0.4 is 21.1 Å². The number of carbonyl (C=O) groups excluding carboxylic acids is 3. The summed E-state index contributed by atoms with van der Waals surface area (Å²) in [5.74, 6) is -1.18. The fourth-order valence-electron chi connectivity index (χ4n) is 4.72. The van der Waals surface area contributed by atoms with Gasteiger partial charge in [-0.3, -0.25) is 19.8 Å². The van der Waals surface area contributed by atoms with Crippen molar-refractivity contribution >= 4 is 34.9 Å². The van der Waals surface area contributed by atoms with Gasteiger partial charge in [0.1, 0.15) is 34.1 Å². The molecule has 3 aromatic rings. The van der Waals surface area contributed by atoms with Gasteiger partial charge >= 0.3 is 0 Å². The maximum absolute atomic E-state index is 13.3. The molecule has 41 heavy (non-hydrogen) atoms. The number of amidine groups is 1. The summed E-state index contributed by atoms with van der Waals surface area (Å²) in [5, 5.41) is 15.1. The van der Waals surface area contributed by atoms with E-state index < -0.39 is 29.6 Å². The lowest BCUT2D eigenvalue weighted by Gasteiger charge is -2.24. The second-order valence-corrected chi connectivity index (χ2v) is 10.6. The zero-order valence-corrected chi connectivity index (χ0v) is 23.2. The molecule has 214 valence electrons. The first kappa shape index (κ1) is 28.2. The Bertz CT molecular complexity index is 1460. The predicted octanol–water partition coefficient (Wildman–Crippen LogP) is 1.92. The summed E-state index contributed by atoms with van der Waals surface area (Å²) in [5.41, 5.74) is 6.94. The normalized spacial score (nSPS) is 17.4. The molecule has 2 fully saturated rings. The number of carbonyl (C=O) groups is 3. The summed E-state index contributed by atoms with van der Waals surface area (Å²) in [4.78, 5) is 44.9. The first-order chi connectivity index (χ1) is 19.7. The summed E-state index contributed by atoms with van der Waals surface area (Å²) in [7, 11) is 0. The van der Waals surface area contributed by atoms with Crippen LogP contribution in [0.2, 0.25) is 0 Å². The highest BCUT2D eigenvalue weighted by molar-refractivity contribution is 7.09. The van der Waals surface area contributed by atoms with Crippen molar-refractivity contribution in [3.63, 3.8) is 0 Å². The molecule has 5 rings (SSSR count). The smallest absolute Gasteiger partial charge is 0.251 e. The third-order valence-corrected chi connectivity index (χ3v) is 7.63. The number of thiazole rings is 1.